The van der Waals surface area contributed by atoms with Crippen molar-refractivity contribution in [2.24, 2.45) is 0 Å². The molecule has 0 aliphatic carbocycles. The fraction of sp³-hybridized carbons (Fsp3) is 0. The van der Waals surface area contributed by atoms with Crippen molar-refractivity contribution in [1.82, 2.24) is 0 Å². The van der Waals surface area contributed by atoms with Gasteiger partial charge in [-0.2, -0.15) is 0 Å². The zero-order valence-electron chi connectivity index (χ0n) is 5.74. The Kier molecular flexibility index (Phi) is 5.88. The van der Waals surface area contributed by atoms with Crippen LogP contribution in [0.5, 0.6) is 0 Å². The Morgan fingerprint density at radius 1 is 0.917 bits per heavy atom. The Bertz CT molecular complexity index is 276. The molecule has 0 atom stereocenters. The number of hydrogen-bond acceptors (Lipinski definition) is 1. The van der Waals surface area contributed by atoms with E-state index in [9.17, 15) is 0 Å². The molecule has 0 aliphatic rings. The summed E-state index contributed by atoms with van der Waals surface area (Å²) in [5.41, 5.74) is 0. The quantitative estimate of drug-likeness (QED) is 0.308. The van der Waals surface area contributed by atoms with Crippen molar-refractivity contribution in [1.29, 1.82) is 0 Å². The summed E-state index contributed by atoms with van der Waals surface area (Å²) in [4.78, 5) is 0.520. The summed E-state index contributed by atoms with van der Waals surface area (Å²) in [5.74, 6) is 0. The molecule has 0 saturated heterocycles. The predicted molar refractivity (Wildman–Crippen MR) is 53.7 cm³/mol. The molecule has 0 radical (unpaired) electrons. The summed E-state index contributed by atoms with van der Waals surface area (Å²) < 4.78 is 0. The summed E-state index contributed by atoms with van der Waals surface area (Å²) in [5, 5.41) is 1.18. The molecular formula is C6H2Cl4SZn. The Morgan fingerprint density at radius 3 is 1.92 bits per heavy atom. The molecule has 1 rings (SSSR count). The SMILES string of the molecule is Sc1cc(Cl)c(Cl)c(Cl)c1Cl.[Zn]. The Morgan fingerprint density at radius 2 is 1.42 bits per heavy atom. The van der Waals surface area contributed by atoms with E-state index in [-0.39, 0.29) is 29.5 Å². The van der Waals surface area contributed by atoms with E-state index < -0.39 is 0 Å². The van der Waals surface area contributed by atoms with Crippen molar-refractivity contribution in [3.8, 4) is 0 Å². The van der Waals surface area contributed by atoms with E-state index in [0.717, 1.165) is 0 Å². The van der Waals surface area contributed by atoms with Crippen LogP contribution in [0.25, 0.3) is 0 Å². The van der Waals surface area contributed by atoms with Gasteiger partial charge < -0.3 is 0 Å². The van der Waals surface area contributed by atoms with E-state index in [0.29, 0.717) is 14.9 Å². The van der Waals surface area contributed by atoms with Crippen LogP contribution in [0, 0.1) is 0 Å². The van der Waals surface area contributed by atoms with Gasteiger partial charge in [-0.15, -0.1) is 12.6 Å². The molecule has 1 aromatic carbocycles. The average molecular weight is 313 g/mol. The first-order chi connectivity index (χ1) is 5.04. The van der Waals surface area contributed by atoms with Crippen LogP contribution in [0.1, 0.15) is 0 Å². The van der Waals surface area contributed by atoms with Gasteiger partial charge in [-0.05, 0) is 6.07 Å². The third-order valence-corrected chi connectivity index (χ3v) is 3.32. The second-order valence-electron chi connectivity index (χ2n) is 1.82. The monoisotopic (exact) mass is 310 g/mol. The molecule has 62 valence electrons. The van der Waals surface area contributed by atoms with Crippen LogP contribution in [0.4, 0.5) is 0 Å². The Labute approximate surface area is 109 Å². The number of benzene rings is 1. The molecule has 0 spiro atoms. The van der Waals surface area contributed by atoms with Gasteiger partial charge >= 0.3 is 0 Å². The predicted octanol–water partition coefficient (Wildman–Crippen LogP) is 4.59. The fourth-order valence-corrected chi connectivity index (χ4v) is 1.75. The van der Waals surface area contributed by atoms with E-state index in [1.165, 1.54) is 0 Å². The summed E-state index contributed by atoms with van der Waals surface area (Å²) >= 11 is 26.8. The normalized spacial score (nSPS) is 9.42. The first-order valence-electron chi connectivity index (χ1n) is 2.56. The van der Waals surface area contributed by atoms with Gasteiger partial charge in [-0.3, -0.25) is 0 Å². The molecule has 0 unspecified atom stereocenters. The molecule has 0 nitrogen and oxygen atoms in total. The average Bonchev–Trinajstić information content (AvgIpc) is 1.97. The standard InChI is InChI=1S/C6H2Cl4S.Zn/c7-2-1-3(11)5(9)6(10)4(2)8;/h1,11H;. The van der Waals surface area contributed by atoms with E-state index in [1.54, 1.807) is 6.07 Å². The van der Waals surface area contributed by atoms with Crippen molar-refractivity contribution in [2.75, 3.05) is 0 Å². The summed E-state index contributed by atoms with van der Waals surface area (Å²) in [6, 6.07) is 1.54. The zero-order valence-corrected chi connectivity index (χ0v) is 12.6. The van der Waals surface area contributed by atoms with Crippen LogP contribution in [0.3, 0.4) is 0 Å². The van der Waals surface area contributed by atoms with Crippen LogP contribution in [-0.4, -0.2) is 0 Å². The van der Waals surface area contributed by atoms with Crippen LogP contribution >= 0.6 is 59.0 Å². The van der Waals surface area contributed by atoms with E-state index in [2.05, 4.69) is 12.6 Å². The summed E-state index contributed by atoms with van der Waals surface area (Å²) in [7, 11) is 0. The second kappa shape index (κ2) is 5.29. The first kappa shape index (κ1) is 13.4. The van der Waals surface area contributed by atoms with E-state index in [4.69, 9.17) is 46.4 Å². The third-order valence-electron chi connectivity index (χ3n) is 1.08. The molecule has 0 N–H and O–H groups in total. The number of rotatable bonds is 0. The van der Waals surface area contributed by atoms with Crippen LogP contribution in [0.2, 0.25) is 20.1 Å². The van der Waals surface area contributed by atoms with Gasteiger partial charge in [0.25, 0.3) is 0 Å². The van der Waals surface area contributed by atoms with Crippen LogP contribution < -0.4 is 0 Å². The van der Waals surface area contributed by atoms with Crippen molar-refractivity contribution in [3.05, 3.63) is 26.2 Å². The maximum Gasteiger partial charge on any atom is 0.0805 e. The molecule has 0 heterocycles. The largest absolute Gasteiger partial charge is 0.142 e. The smallest absolute Gasteiger partial charge is 0.0805 e. The number of hydrogen-bond donors (Lipinski definition) is 1. The van der Waals surface area contributed by atoms with Crippen molar-refractivity contribution in [2.45, 2.75) is 4.90 Å². The Balaban J connectivity index is 0.00000121. The summed E-state index contributed by atoms with van der Waals surface area (Å²) in [6.45, 7) is 0. The molecule has 0 bridgehead atoms. The van der Waals surface area contributed by atoms with Crippen LogP contribution in [0.15, 0.2) is 11.0 Å². The van der Waals surface area contributed by atoms with Gasteiger partial charge in [0.15, 0.2) is 0 Å². The van der Waals surface area contributed by atoms with E-state index in [1.807, 2.05) is 0 Å². The molecular weight excluding hydrogens is 311 g/mol. The molecule has 0 aromatic heterocycles. The van der Waals surface area contributed by atoms with Crippen LogP contribution in [-0.2, 0) is 19.5 Å². The zero-order chi connectivity index (χ0) is 8.59. The maximum absolute atomic E-state index is 5.70. The molecule has 12 heavy (non-hydrogen) atoms. The third kappa shape index (κ3) is 2.67. The molecule has 6 heteroatoms. The minimum Gasteiger partial charge on any atom is -0.142 e. The molecule has 1 aromatic rings. The fourth-order valence-electron chi connectivity index (χ4n) is 0.560. The van der Waals surface area contributed by atoms with Crippen molar-refractivity contribution in [3.63, 3.8) is 0 Å². The summed E-state index contributed by atoms with van der Waals surface area (Å²) in [6.07, 6.45) is 0. The molecule has 0 aliphatic heterocycles. The minimum absolute atomic E-state index is 0. The van der Waals surface area contributed by atoms with Gasteiger partial charge in [-0.25, -0.2) is 0 Å². The van der Waals surface area contributed by atoms with Crippen molar-refractivity contribution < 1.29 is 19.5 Å². The van der Waals surface area contributed by atoms with Crippen molar-refractivity contribution >= 4 is 59.0 Å². The molecule has 0 amide bonds. The Hall–Kier alpha value is 1.35. The number of thiol groups is 1. The molecule has 0 saturated carbocycles. The maximum atomic E-state index is 5.70. The topological polar surface area (TPSA) is 0 Å². The van der Waals surface area contributed by atoms with Gasteiger partial charge in [0, 0.05) is 24.4 Å². The van der Waals surface area contributed by atoms with Gasteiger partial charge in [0.05, 0.1) is 20.1 Å². The molecule has 0 fully saturated rings. The van der Waals surface area contributed by atoms with Gasteiger partial charge in [0.2, 0.25) is 0 Å². The second-order valence-corrected chi connectivity index (χ2v) is 3.84. The van der Waals surface area contributed by atoms with Gasteiger partial charge in [0.1, 0.15) is 0 Å². The number of halogens is 4. The van der Waals surface area contributed by atoms with E-state index >= 15 is 0 Å². The van der Waals surface area contributed by atoms with Gasteiger partial charge in [-0.1, -0.05) is 46.4 Å². The first-order valence-corrected chi connectivity index (χ1v) is 4.52. The minimum atomic E-state index is 0.